The summed E-state index contributed by atoms with van der Waals surface area (Å²) in [6, 6.07) is 10.6. The third-order valence-corrected chi connectivity index (χ3v) is 3.80. The van der Waals surface area contributed by atoms with Gasteiger partial charge in [-0.25, -0.2) is 0 Å². The molecule has 3 heteroatoms. The van der Waals surface area contributed by atoms with Crippen LogP contribution in [0.1, 0.15) is 19.4 Å². The van der Waals surface area contributed by atoms with Gasteiger partial charge in [-0.05, 0) is 32.5 Å². The van der Waals surface area contributed by atoms with Gasteiger partial charge in [0.05, 0.1) is 0 Å². The lowest BCUT2D eigenvalue weighted by Gasteiger charge is -2.42. The highest BCUT2D eigenvalue weighted by molar-refractivity contribution is 5.92. The minimum atomic E-state index is 0.108. The van der Waals surface area contributed by atoms with Crippen LogP contribution in [0.25, 0.3) is 6.08 Å². The molecule has 2 rings (SSSR count). The molecule has 19 heavy (non-hydrogen) atoms. The van der Waals surface area contributed by atoms with Gasteiger partial charge >= 0.3 is 0 Å². The van der Waals surface area contributed by atoms with Crippen molar-refractivity contribution in [3.63, 3.8) is 0 Å². The summed E-state index contributed by atoms with van der Waals surface area (Å²) in [5.41, 5.74) is 1.06. The molecule has 0 bridgehead atoms. The summed E-state index contributed by atoms with van der Waals surface area (Å²) in [6.07, 6.45) is 3.57. The number of nitrogens with zero attached hydrogens (tertiary/aromatic N) is 2. The Morgan fingerprint density at radius 2 is 1.84 bits per heavy atom. The molecule has 1 fully saturated rings. The Morgan fingerprint density at radius 3 is 2.53 bits per heavy atom. The Morgan fingerprint density at radius 1 is 1.16 bits per heavy atom. The van der Waals surface area contributed by atoms with E-state index in [9.17, 15) is 4.79 Å². The van der Waals surface area contributed by atoms with Gasteiger partial charge in [0.15, 0.2) is 0 Å². The molecule has 0 aliphatic carbocycles. The molecule has 0 radical (unpaired) electrons. The van der Waals surface area contributed by atoms with Crippen LogP contribution in [0.15, 0.2) is 36.4 Å². The number of amides is 1. The van der Waals surface area contributed by atoms with Crippen molar-refractivity contribution in [1.29, 1.82) is 0 Å². The van der Waals surface area contributed by atoms with Gasteiger partial charge in [-0.2, -0.15) is 0 Å². The lowest BCUT2D eigenvalue weighted by atomic mass is 10.1. The first-order valence-electron chi connectivity index (χ1n) is 6.82. The fourth-order valence-electron chi connectivity index (χ4n) is 2.43. The fourth-order valence-corrected chi connectivity index (χ4v) is 2.43. The predicted octanol–water partition coefficient (Wildman–Crippen LogP) is 2.25. The first-order chi connectivity index (χ1) is 9.08. The van der Waals surface area contributed by atoms with Crippen LogP contribution in [0.3, 0.4) is 0 Å². The minimum absolute atomic E-state index is 0.108. The topological polar surface area (TPSA) is 23.6 Å². The first kappa shape index (κ1) is 13.8. The molecule has 1 aliphatic heterocycles. The lowest BCUT2D eigenvalue weighted by Crippen LogP contribution is -2.56. The second-order valence-corrected chi connectivity index (χ2v) is 5.37. The van der Waals surface area contributed by atoms with Gasteiger partial charge in [0.2, 0.25) is 5.91 Å². The van der Waals surface area contributed by atoms with Crippen molar-refractivity contribution in [1.82, 2.24) is 9.80 Å². The summed E-state index contributed by atoms with van der Waals surface area (Å²) in [4.78, 5) is 16.5. The van der Waals surface area contributed by atoms with E-state index in [0.717, 1.165) is 18.7 Å². The van der Waals surface area contributed by atoms with Gasteiger partial charge in [0.1, 0.15) is 0 Å². The largest absolute Gasteiger partial charge is 0.334 e. The van der Waals surface area contributed by atoms with E-state index < -0.39 is 0 Å². The normalized spacial score (nSPS) is 24.9. The number of carbonyl (C=O) groups excluding carboxylic acids is 1. The number of carbonyl (C=O) groups is 1. The molecule has 1 amide bonds. The summed E-state index contributed by atoms with van der Waals surface area (Å²) in [5.74, 6) is 0.108. The van der Waals surface area contributed by atoms with Crippen LogP contribution in [-0.4, -0.2) is 47.9 Å². The van der Waals surface area contributed by atoms with Crippen molar-refractivity contribution < 1.29 is 4.79 Å². The van der Waals surface area contributed by atoms with Crippen molar-refractivity contribution in [2.24, 2.45) is 0 Å². The maximum Gasteiger partial charge on any atom is 0.246 e. The smallest absolute Gasteiger partial charge is 0.246 e. The summed E-state index contributed by atoms with van der Waals surface area (Å²) >= 11 is 0. The highest BCUT2D eigenvalue weighted by atomic mass is 16.2. The second kappa shape index (κ2) is 6.02. The van der Waals surface area contributed by atoms with Gasteiger partial charge in [-0.15, -0.1) is 0 Å². The molecule has 0 aromatic heterocycles. The van der Waals surface area contributed by atoms with Crippen molar-refractivity contribution >= 4 is 12.0 Å². The molecule has 1 aromatic rings. The highest BCUT2D eigenvalue weighted by Crippen LogP contribution is 2.14. The second-order valence-electron chi connectivity index (χ2n) is 5.37. The van der Waals surface area contributed by atoms with E-state index in [0.29, 0.717) is 6.04 Å². The quantitative estimate of drug-likeness (QED) is 0.760. The SMILES string of the molecule is C[C@H]1CN(C(=O)/C=C/c2ccccc2)[C@@H](C)CN1C. The van der Waals surface area contributed by atoms with Crippen molar-refractivity contribution in [3.05, 3.63) is 42.0 Å². The molecule has 0 N–H and O–H groups in total. The third-order valence-electron chi connectivity index (χ3n) is 3.80. The van der Waals surface area contributed by atoms with E-state index in [1.807, 2.05) is 41.3 Å². The molecule has 2 atom stereocenters. The lowest BCUT2D eigenvalue weighted by molar-refractivity contribution is -0.131. The Balaban J connectivity index is 2.02. The van der Waals surface area contributed by atoms with E-state index in [2.05, 4.69) is 25.8 Å². The predicted molar refractivity (Wildman–Crippen MR) is 78.7 cm³/mol. The van der Waals surface area contributed by atoms with Crippen LogP contribution < -0.4 is 0 Å². The fraction of sp³-hybridized carbons (Fsp3) is 0.438. The summed E-state index contributed by atoms with van der Waals surface area (Å²) < 4.78 is 0. The Bertz CT molecular complexity index is 455. The standard InChI is InChI=1S/C16H22N2O/c1-13-12-18(14(2)11-17(13)3)16(19)10-9-15-7-5-4-6-8-15/h4-10,13-14H,11-12H2,1-3H3/b10-9+/t13-,14-/m0/s1. The molecule has 0 unspecified atom stereocenters. The zero-order chi connectivity index (χ0) is 13.8. The van der Waals surface area contributed by atoms with E-state index >= 15 is 0 Å². The van der Waals surface area contributed by atoms with Gasteiger partial charge in [-0.1, -0.05) is 30.3 Å². The maximum absolute atomic E-state index is 12.3. The number of likely N-dealkylation sites (N-methyl/N-ethyl adjacent to an activating group) is 1. The van der Waals surface area contributed by atoms with Gasteiger partial charge in [0.25, 0.3) is 0 Å². The number of hydrogen-bond acceptors (Lipinski definition) is 2. The average Bonchev–Trinajstić information content (AvgIpc) is 2.41. The van der Waals surface area contributed by atoms with E-state index in [4.69, 9.17) is 0 Å². The van der Waals surface area contributed by atoms with Crippen LogP contribution in [0, 0.1) is 0 Å². The third kappa shape index (κ3) is 3.44. The van der Waals surface area contributed by atoms with Crippen LogP contribution in [0.4, 0.5) is 0 Å². The van der Waals surface area contributed by atoms with Crippen molar-refractivity contribution in [2.45, 2.75) is 25.9 Å². The van der Waals surface area contributed by atoms with Gasteiger partial charge < -0.3 is 4.90 Å². The van der Waals surface area contributed by atoms with Crippen LogP contribution in [-0.2, 0) is 4.79 Å². The Labute approximate surface area is 115 Å². The average molecular weight is 258 g/mol. The number of hydrogen-bond donors (Lipinski definition) is 0. The van der Waals surface area contributed by atoms with E-state index in [-0.39, 0.29) is 11.9 Å². The van der Waals surface area contributed by atoms with Gasteiger partial charge in [0, 0.05) is 31.2 Å². The van der Waals surface area contributed by atoms with Crippen LogP contribution >= 0.6 is 0 Å². The van der Waals surface area contributed by atoms with Crippen LogP contribution in [0.2, 0.25) is 0 Å². The van der Waals surface area contributed by atoms with Crippen molar-refractivity contribution in [2.75, 3.05) is 20.1 Å². The molecular formula is C16H22N2O. The zero-order valence-electron chi connectivity index (χ0n) is 11.9. The highest BCUT2D eigenvalue weighted by Gasteiger charge is 2.28. The summed E-state index contributed by atoms with van der Waals surface area (Å²) in [5, 5.41) is 0. The molecule has 1 saturated heterocycles. The molecular weight excluding hydrogens is 236 g/mol. The van der Waals surface area contributed by atoms with Gasteiger partial charge in [-0.3, -0.25) is 9.69 Å². The summed E-state index contributed by atoms with van der Waals surface area (Å²) in [7, 11) is 2.11. The number of piperazine rings is 1. The molecule has 102 valence electrons. The molecule has 1 heterocycles. The first-order valence-corrected chi connectivity index (χ1v) is 6.82. The monoisotopic (exact) mass is 258 g/mol. The van der Waals surface area contributed by atoms with E-state index in [1.165, 1.54) is 0 Å². The Hall–Kier alpha value is -1.61. The molecule has 1 aliphatic rings. The van der Waals surface area contributed by atoms with Crippen LogP contribution in [0.5, 0.6) is 0 Å². The number of benzene rings is 1. The molecule has 3 nitrogen and oxygen atoms in total. The number of rotatable bonds is 2. The Kier molecular flexibility index (Phi) is 4.38. The molecule has 0 spiro atoms. The maximum atomic E-state index is 12.3. The molecule has 1 aromatic carbocycles. The minimum Gasteiger partial charge on any atom is -0.334 e. The zero-order valence-corrected chi connectivity index (χ0v) is 11.9. The molecule has 0 saturated carbocycles. The summed E-state index contributed by atoms with van der Waals surface area (Å²) in [6.45, 7) is 6.01. The van der Waals surface area contributed by atoms with Crippen molar-refractivity contribution in [3.8, 4) is 0 Å². The van der Waals surface area contributed by atoms with E-state index in [1.54, 1.807) is 6.08 Å².